The first kappa shape index (κ1) is 7.04. The molecule has 0 radical (unpaired) electrons. The van der Waals surface area contributed by atoms with Gasteiger partial charge in [0.05, 0.1) is 0 Å². The smallest absolute Gasteiger partial charge is 0.106 e. The van der Waals surface area contributed by atoms with Gasteiger partial charge in [0.2, 0.25) is 0 Å². The van der Waals surface area contributed by atoms with E-state index >= 15 is 0 Å². The van der Waals surface area contributed by atoms with Gasteiger partial charge >= 0.3 is 0 Å². The summed E-state index contributed by atoms with van der Waals surface area (Å²) in [6.45, 7) is 0. The molecule has 2 heteroatoms. The molecule has 0 fully saturated rings. The largest absolute Gasteiger partial charge is 0.249 e. The van der Waals surface area contributed by atoms with Crippen LogP contribution in [0.15, 0.2) is 22.9 Å². The van der Waals surface area contributed by atoms with E-state index in [1.165, 1.54) is 11.1 Å². The molecule has 0 aromatic carbocycles. The molecule has 0 atom stereocenters. The molecule has 1 nitrogen and oxygen atoms in total. The Balaban J connectivity index is 2.53. The maximum Gasteiger partial charge on any atom is 0.106 e. The molecule has 2 rings (SSSR count). The molecule has 1 aliphatic carbocycles. The van der Waals surface area contributed by atoms with Crippen molar-refractivity contribution in [1.29, 1.82) is 0 Å². The van der Waals surface area contributed by atoms with Gasteiger partial charge < -0.3 is 0 Å². The van der Waals surface area contributed by atoms with Gasteiger partial charge in [0, 0.05) is 6.20 Å². The molecule has 0 spiro atoms. The van der Waals surface area contributed by atoms with Gasteiger partial charge in [-0.25, -0.2) is 4.98 Å². The Morgan fingerprint density at radius 3 is 3.27 bits per heavy atom. The van der Waals surface area contributed by atoms with Crippen molar-refractivity contribution in [2.45, 2.75) is 12.8 Å². The predicted octanol–water partition coefficient (Wildman–Crippen LogP) is 2.80. The zero-order chi connectivity index (χ0) is 7.68. The number of aromatic nitrogens is 1. The number of nitrogens with zero attached hydrogens (tertiary/aromatic N) is 1. The number of rotatable bonds is 0. The predicted molar refractivity (Wildman–Crippen MR) is 49.3 cm³/mol. The van der Waals surface area contributed by atoms with Crippen molar-refractivity contribution in [3.63, 3.8) is 0 Å². The number of hydrogen-bond donors (Lipinski definition) is 0. The number of fused-ring (bicyclic) bond motifs is 1. The molecule has 0 aliphatic heterocycles. The van der Waals surface area contributed by atoms with Crippen LogP contribution in [0.1, 0.15) is 17.5 Å². The monoisotopic (exact) mass is 209 g/mol. The first-order valence-corrected chi connectivity index (χ1v) is 4.46. The molecule has 56 valence electrons. The van der Waals surface area contributed by atoms with Crippen molar-refractivity contribution < 1.29 is 0 Å². The van der Waals surface area contributed by atoms with Crippen LogP contribution in [-0.4, -0.2) is 4.98 Å². The zero-order valence-electron chi connectivity index (χ0n) is 6.05. The van der Waals surface area contributed by atoms with Crippen LogP contribution in [0.3, 0.4) is 0 Å². The van der Waals surface area contributed by atoms with Crippen LogP contribution in [0.5, 0.6) is 0 Å². The van der Waals surface area contributed by atoms with Gasteiger partial charge in [-0.3, -0.25) is 0 Å². The number of aryl methyl sites for hydroxylation is 1. The van der Waals surface area contributed by atoms with Crippen LogP contribution >= 0.6 is 15.9 Å². The third-order valence-corrected chi connectivity index (χ3v) is 2.30. The molecular weight excluding hydrogens is 202 g/mol. The van der Waals surface area contributed by atoms with Crippen LogP contribution < -0.4 is 0 Å². The van der Waals surface area contributed by atoms with E-state index in [9.17, 15) is 0 Å². The Kier molecular flexibility index (Phi) is 1.78. The maximum atomic E-state index is 4.16. The summed E-state index contributed by atoms with van der Waals surface area (Å²) in [7, 11) is 0. The maximum absolute atomic E-state index is 4.16. The van der Waals surface area contributed by atoms with E-state index in [4.69, 9.17) is 0 Å². The molecule has 0 bridgehead atoms. The Labute approximate surface area is 74.3 Å². The fourth-order valence-electron chi connectivity index (χ4n) is 1.29. The molecule has 0 saturated heterocycles. The fourth-order valence-corrected chi connectivity index (χ4v) is 1.67. The number of allylic oxidation sites excluding steroid dienone is 1. The molecule has 1 aromatic rings. The minimum atomic E-state index is 0.937. The topological polar surface area (TPSA) is 12.9 Å². The molecule has 0 amide bonds. The Morgan fingerprint density at radius 1 is 1.45 bits per heavy atom. The van der Waals surface area contributed by atoms with Gasteiger partial charge in [-0.1, -0.05) is 12.2 Å². The van der Waals surface area contributed by atoms with E-state index in [0.29, 0.717) is 0 Å². The third kappa shape index (κ3) is 1.36. The van der Waals surface area contributed by atoms with Gasteiger partial charge in [-0.15, -0.1) is 0 Å². The zero-order valence-corrected chi connectivity index (χ0v) is 7.63. The SMILES string of the molecule is Brc1cc2c(cn1)C=CCC2. The highest BCUT2D eigenvalue weighted by Crippen LogP contribution is 2.20. The minimum Gasteiger partial charge on any atom is -0.249 e. The van der Waals surface area contributed by atoms with Crippen molar-refractivity contribution in [1.82, 2.24) is 4.98 Å². The van der Waals surface area contributed by atoms with E-state index in [1.54, 1.807) is 0 Å². The van der Waals surface area contributed by atoms with Gasteiger partial charge in [0.1, 0.15) is 4.60 Å². The average molecular weight is 210 g/mol. The Morgan fingerprint density at radius 2 is 2.36 bits per heavy atom. The van der Waals surface area contributed by atoms with Crippen LogP contribution in [0.4, 0.5) is 0 Å². The van der Waals surface area contributed by atoms with Crippen LogP contribution in [0.2, 0.25) is 0 Å². The lowest BCUT2D eigenvalue weighted by molar-refractivity contribution is 0.973. The van der Waals surface area contributed by atoms with Crippen LogP contribution in [-0.2, 0) is 6.42 Å². The average Bonchev–Trinajstić information content (AvgIpc) is 2.04. The van der Waals surface area contributed by atoms with Gasteiger partial charge in [-0.2, -0.15) is 0 Å². The van der Waals surface area contributed by atoms with Crippen molar-refractivity contribution in [2.75, 3.05) is 0 Å². The first-order valence-electron chi connectivity index (χ1n) is 3.67. The lowest BCUT2D eigenvalue weighted by Crippen LogP contribution is -1.94. The van der Waals surface area contributed by atoms with Crippen molar-refractivity contribution in [2.24, 2.45) is 0 Å². The summed E-state index contributed by atoms with van der Waals surface area (Å²) in [6, 6.07) is 2.10. The summed E-state index contributed by atoms with van der Waals surface area (Å²) < 4.78 is 0.937. The fraction of sp³-hybridized carbons (Fsp3) is 0.222. The molecule has 0 N–H and O–H groups in total. The Hall–Kier alpha value is -0.630. The molecular formula is C9H8BrN. The van der Waals surface area contributed by atoms with Crippen molar-refractivity contribution in [3.8, 4) is 0 Å². The molecule has 0 saturated carbocycles. The summed E-state index contributed by atoms with van der Waals surface area (Å²) in [5.41, 5.74) is 2.66. The molecule has 1 heterocycles. The van der Waals surface area contributed by atoms with E-state index in [1.807, 2.05) is 6.20 Å². The molecule has 0 unspecified atom stereocenters. The van der Waals surface area contributed by atoms with Crippen LogP contribution in [0, 0.1) is 0 Å². The summed E-state index contributed by atoms with van der Waals surface area (Å²) in [5.74, 6) is 0. The highest BCUT2D eigenvalue weighted by Gasteiger charge is 2.03. The second-order valence-corrected chi connectivity index (χ2v) is 3.46. The summed E-state index contributed by atoms with van der Waals surface area (Å²) in [5, 5.41) is 0. The highest BCUT2D eigenvalue weighted by molar-refractivity contribution is 9.10. The lowest BCUT2D eigenvalue weighted by atomic mass is 10.0. The van der Waals surface area contributed by atoms with Gasteiger partial charge in [-0.05, 0) is 46.0 Å². The van der Waals surface area contributed by atoms with E-state index in [-0.39, 0.29) is 0 Å². The second-order valence-electron chi connectivity index (χ2n) is 2.65. The summed E-state index contributed by atoms with van der Waals surface area (Å²) >= 11 is 3.36. The van der Waals surface area contributed by atoms with Gasteiger partial charge in [0.15, 0.2) is 0 Å². The third-order valence-electron chi connectivity index (χ3n) is 1.87. The molecule has 11 heavy (non-hydrogen) atoms. The van der Waals surface area contributed by atoms with Gasteiger partial charge in [0.25, 0.3) is 0 Å². The van der Waals surface area contributed by atoms with Crippen molar-refractivity contribution >= 4 is 22.0 Å². The first-order chi connectivity index (χ1) is 5.36. The van der Waals surface area contributed by atoms with E-state index in [2.05, 4.69) is 39.1 Å². The van der Waals surface area contributed by atoms with Crippen LogP contribution in [0.25, 0.3) is 6.08 Å². The normalized spacial score (nSPS) is 14.6. The lowest BCUT2D eigenvalue weighted by Gasteiger charge is -2.08. The quantitative estimate of drug-likeness (QED) is 0.600. The van der Waals surface area contributed by atoms with E-state index in [0.717, 1.165) is 17.4 Å². The minimum absolute atomic E-state index is 0.937. The molecule has 1 aliphatic rings. The Bertz CT molecular complexity index is 304. The highest BCUT2D eigenvalue weighted by atomic mass is 79.9. The molecule has 1 aromatic heterocycles. The number of halogens is 1. The summed E-state index contributed by atoms with van der Waals surface area (Å²) in [6.07, 6.45) is 8.54. The summed E-state index contributed by atoms with van der Waals surface area (Å²) in [4.78, 5) is 4.16. The van der Waals surface area contributed by atoms with E-state index < -0.39 is 0 Å². The second kappa shape index (κ2) is 2.78. The van der Waals surface area contributed by atoms with Crippen molar-refractivity contribution in [3.05, 3.63) is 34.1 Å². The standard InChI is InChI=1S/C9H8BrN/c10-9-5-7-3-1-2-4-8(7)6-11-9/h2,4-6H,1,3H2. The number of pyridine rings is 1. The number of hydrogen-bond acceptors (Lipinski definition) is 1.